The molecule has 22 heavy (non-hydrogen) atoms. The molecule has 1 heterocycles. The fourth-order valence-electron chi connectivity index (χ4n) is 2.55. The lowest BCUT2D eigenvalue weighted by molar-refractivity contribution is 0.0200. The standard InChI is InChI=1S/C17H20N2O2S/c1-12-4-8-14(9-5-12)19-16(20)18-11-17(21,13-6-7-13)15-3-2-10-22-15/h2-5,8-10,13,21H,6-7,11H2,1H3,(H2,18,19,20). The normalized spacial score (nSPS) is 16.8. The van der Waals surface area contributed by atoms with Crippen LogP contribution in [0.15, 0.2) is 41.8 Å². The van der Waals surface area contributed by atoms with Gasteiger partial charge >= 0.3 is 6.03 Å². The number of urea groups is 1. The lowest BCUT2D eigenvalue weighted by atomic mass is 9.96. The maximum absolute atomic E-state index is 12.0. The quantitative estimate of drug-likeness (QED) is 0.791. The van der Waals surface area contributed by atoms with Crippen LogP contribution in [0.1, 0.15) is 23.3 Å². The van der Waals surface area contributed by atoms with Gasteiger partial charge in [0.1, 0.15) is 5.60 Å². The van der Waals surface area contributed by atoms with Crippen LogP contribution in [0, 0.1) is 12.8 Å². The summed E-state index contributed by atoms with van der Waals surface area (Å²) in [6.07, 6.45) is 2.02. The molecule has 3 N–H and O–H groups in total. The number of rotatable bonds is 5. The summed E-state index contributed by atoms with van der Waals surface area (Å²) >= 11 is 1.53. The molecule has 0 radical (unpaired) electrons. The van der Waals surface area contributed by atoms with E-state index >= 15 is 0 Å². The van der Waals surface area contributed by atoms with Crippen molar-refractivity contribution in [2.75, 3.05) is 11.9 Å². The summed E-state index contributed by atoms with van der Waals surface area (Å²) in [5.74, 6) is 0.242. The minimum Gasteiger partial charge on any atom is -0.382 e. The van der Waals surface area contributed by atoms with Crippen molar-refractivity contribution in [3.8, 4) is 0 Å². The van der Waals surface area contributed by atoms with Gasteiger partial charge in [-0.1, -0.05) is 23.8 Å². The van der Waals surface area contributed by atoms with E-state index in [0.29, 0.717) is 0 Å². The topological polar surface area (TPSA) is 61.4 Å². The van der Waals surface area contributed by atoms with Crippen molar-refractivity contribution in [1.82, 2.24) is 5.32 Å². The monoisotopic (exact) mass is 316 g/mol. The van der Waals surface area contributed by atoms with E-state index in [4.69, 9.17) is 0 Å². The number of carbonyl (C=O) groups is 1. The van der Waals surface area contributed by atoms with Gasteiger partial charge in [-0.3, -0.25) is 0 Å². The first kappa shape index (κ1) is 15.1. The van der Waals surface area contributed by atoms with E-state index in [2.05, 4.69) is 10.6 Å². The number of benzene rings is 1. The molecule has 1 atom stereocenters. The SMILES string of the molecule is Cc1ccc(NC(=O)NCC(O)(c2cccs2)C2CC2)cc1. The molecule has 1 aliphatic rings. The number of hydrogen-bond donors (Lipinski definition) is 3. The van der Waals surface area contributed by atoms with Crippen molar-refractivity contribution in [3.63, 3.8) is 0 Å². The highest BCUT2D eigenvalue weighted by Crippen LogP contribution is 2.46. The van der Waals surface area contributed by atoms with Gasteiger partial charge in [0.25, 0.3) is 0 Å². The van der Waals surface area contributed by atoms with Gasteiger partial charge in [0.15, 0.2) is 0 Å². The number of anilines is 1. The van der Waals surface area contributed by atoms with Crippen LogP contribution in [-0.4, -0.2) is 17.7 Å². The Kier molecular flexibility index (Phi) is 4.18. The van der Waals surface area contributed by atoms with Crippen LogP contribution in [-0.2, 0) is 5.60 Å². The maximum atomic E-state index is 12.0. The largest absolute Gasteiger partial charge is 0.382 e. The number of aryl methyl sites for hydroxylation is 1. The Hall–Kier alpha value is -1.85. The predicted octanol–water partition coefficient (Wildman–Crippen LogP) is 3.48. The number of carbonyl (C=O) groups excluding carboxylic acids is 1. The first-order valence-electron chi connectivity index (χ1n) is 7.46. The van der Waals surface area contributed by atoms with Crippen molar-refractivity contribution in [2.24, 2.45) is 5.92 Å². The zero-order chi connectivity index (χ0) is 15.6. The van der Waals surface area contributed by atoms with Crippen LogP contribution < -0.4 is 10.6 Å². The van der Waals surface area contributed by atoms with E-state index in [1.165, 1.54) is 11.3 Å². The number of amides is 2. The molecule has 0 saturated heterocycles. The Morgan fingerprint density at radius 1 is 1.32 bits per heavy atom. The Morgan fingerprint density at radius 2 is 2.05 bits per heavy atom. The molecule has 1 aromatic heterocycles. The molecule has 116 valence electrons. The zero-order valence-corrected chi connectivity index (χ0v) is 13.3. The molecule has 1 aliphatic carbocycles. The molecule has 0 bridgehead atoms. The van der Waals surface area contributed by atoms with Gasteiger partial charge < -0.3 is 15.7 Å². The molecule has 4 nitrogen and oxygen atoms in total. The second kappa shape index (κ2) is 6.10. The lowest BCUT2D eigenvalue weighted by Crippen LogP contribution is -2.43. The molecule has 0 spiro atoms. The molecule has 1 aromatic carbocycles. The van der Waals surface area contributed by atoms with Crippen LogP contribution in [0.25, 0.3) is 0 Å². The number of nitrogens with one attached hydrogen (secondary N) is 2. The van der Waals surface area contributed by atoms with Gasteiger partial charge in [0.2, 0.25) is 0 Å². The van der Waals surface area contributed by atoms with Gasteiger partial charge in [0, 0.05) is 10.6 Å². The number of aliphatic hydroxyl groups is 1. The molecule has 1 fully saturated rings. The molecule has 3 rings (SSSR count). The summed E-state index contributed by atoms with van der Waals surface area (Å²) in [4.78, 5) is 12.9. The number of thiophene rings is 1. The van der Waals surface area contributed by atoms with Crippen LogP contribution in [0.3, 0.4) is 0 Å². The molecule has 1 unspecified atom stereocenters. The van der Waals surface area contributed by atoms with Crippen LogP contribution in [0.5, 0.6) is 0 Å². The molecular formula is C17H20N2O2S. The average molecular weight is 316 g/mol. The van der Waals surface area contributed by atoms with Gasteiger partial charge in [-0.25, -0.2) is 4.79 Å². The highest BCUT2D eigenvalue weighted by molar-refractivity contribution is 7.10. The van der Waals surface area contributed by atoms with Crippen molar-refractivity contribution in [3.05, 3.63) is 52.2 Å². The molecule has 5 heteroatoms. The van der Waals surface area contributed by atoms with Gasteiger partial charge in [-0.05, 0) is 49.3 Å². The minimum absolute atomic E-state index is 0.232. The fraction of sp³-hybridized carbons (Fsp3) is 0.353. The highest BCUT2D eigenvalue weighted by atomic mass is 32.1. The zero-order valence-electron chi connectivity index (χ0n) is 12.5. The molecule has 0 aliphatic heterocycles. The van der Waals surface area contributed by atoms with Crippen molar-refractivity contribution < 1.29 is 9.90 Å². The smallest absolute Gasteiger partial charge is 0.319 e. The predicted molar refractivity (Wildman–Crippen MR) is 89.1 cm³/mol. The van der Waals surface area contributed by atoms with Crippen molar-refractivity contribution in [2.45, 2.75) is 25.4 Å². The summed E-state index contributed by atoms with van der Waals surface area (Å²) in [7, 11) is 0. The fourth-order valence-corrected chi connectivity index (χ4v) is 3.45. The maximum Gasteiger partial charge on any atom is 0.319 e. The van der Waals surface area contributed by atoms with Gasteiger partial charge in [-0.2, -0.15) is 0 Å². The Labute approximate surface area is 134 Å². The lowest BCUT2D eigenvalue weighted by Gasteiger charge is -2.27. The molecule has 2 amide bonds. The average Bonchev–Trinajstić information content (AvgIpc) is 3.22. The third-order valence-electron chi connectivity index (χ3n) is 4.03. The summed E-state index contributed by atoms with van der Waals surface area (Å²) in [6.45, 7) is 2.23. The Bertz CT molecular complexity index is 635. The Morgan fingerprint density at radius 3 is 2.64 bits per heavy atom. The van der Waals surface area contributed by atoms with E-state index in [-0.39, 0.29) is 18.5 Å². The highest BCUT2D eigenvalue weighted by Gasteiger charge is 2.45. The second-order valence-corrected chi connectivity index (χ2v) is 6.80. The van der Waals surface area contributed by atoms with Gasteiger partial charge in [0.05, 0.1) is 6.54 Å². The van der Waals surface area contributed by atoms with Crippen molar-refractivity contribution >= 4 is 23.1 Å². The first-order chi connectivity index (χ1) is 10.6. The summed E-state index contributed by atoms with van der Waals surface area (Å²) in [6, 6.07) is 11.2. The second-order valence-electron chi connectivity index (χ2n) is 5.85. The first-order valence-corrected chi connectivity index (χ1v) is 8.34. The van der Waals surface area contributed by atoms with E-state index in [0.717, 1.165) is 29.0 Å². The summed E-state index contributed by atoms with van der Waals surface area (Å²) < 4.78 is 0. The van der Waals surface area contributed by atoms with Crippen molar-refractivity contribution in [1.29, 1.82) is 0 Å². The summed E-state index contributed by atoms with van der Waals surface area (Å²) in [5, 5.41) is 18.5. The van der Waals surface area contributed by atoms with Gasteiger partial charge in [-0.15, -0.1) is 11.3 Å². The van der Waals surface area contributed by atoms with E-state index in [1.807, 2.05) is 48.7 Å². The van der Waals surface area contributed by atoms with E-state index in [1.54, 1.807) is 0 Å². The molecule has 2 aromatic rings. The summed E-state index contributed by atoms with van der Waals surface area (Å²) in [5.41, 5.74) is 0.944. The van der Waals surface area contributed by atoms with Crippen LogP contribution in [0.2, 0.25) is 0 Å². The molecule has 1 saturated carbocycles. The Balaban J connectivity index is 1.60. The van der Waals surface area contributed by atoms with E-state index in [9.17, 15) is 9.90 Å². The minimum atomic E-state index is -0.946. The number of hydrogen-bond acceptors (Lipinski definition) is 3. The third kappa shape index (κ3) is 3.31. The molecular weight excluding hydrogens is 296 g/mol. The van der Waals surface area contributed by atoms with E-state index < -0.39 is 5.60 Å². The third-order valence-corrected chi connectivity index (χ3v) is 5.07. The van der Waals surface area contributed by atoms with Crippen LogP contribution >= 0.6 is 11.3 Å². The van der Waals surface area contributed by atoms with Crippen LogP contribution in [0.4, 0.5) is 10.5 Å².